The van der Waals surface area contributed by atoms with Crippen molar-refractivity contribution in [1.82, 2.24) is 9.36 Å². The molecule has 0 fully saturated rings. The van der Waals surface area contributed by atoms with E-state index in [9.17, 15) is 19.8 Å². The van der Waals surface area contributed by atoms with Gasteiger partial charge in [-0.2, -0.15) is 0 Å². The highest BCUT2D eigenvalue weighted by atomic mass is 16.5. The number of hydrogen-bond donors (Lipinski definition) is 2. The monoisotopic (exact) mass is 571 g/mol. The molecule has 0 saturated heterocycles. The Morgan fingerprint density at radius 1 is 1.10 bits per heavy atom. The van der Waals surface area contributed by atoms with Crippen LogP contribution in [-0.2, 0) is 20.0 Å². The maximum absolute atomic E-state index is 13.7. The van der Waals surface area contributed by atoms with Gasteiger partial charge in [0.25, 0.3) is 11.5 Å². The predicted molar refractivity (Wildman–Crippen MR) is 165 cm³/mol. The summed E-state index contributed by atoms with van der Waals surface area (Å²) in [4.78, 5) is 28.9. The molecule has 2 aliphatic rings. The summed E-state index contributed by atoms with van der Waals surface area (Å²) in [6.07, 6.45) is 7.12. The van der Waals surface area contributed by atoms with E-state index in [-0.39, 0.29) is 30.2 Å². The molecule has 0 radical (unpaired) electrons. The van der Waals surface area contributed by atoms with Gasteiger partial charge in [-0.1, -0.05) is 41.5 Å². The smallest absolute Gasteiger partial charge is 0.295 e. The van der Waals surface area contributed by atoms with Crippen LogP contribution in [0.15, 0.2) is 64.5 Å². The van der Waals surface area contributed by atoms with Crippen LogP contribution in [-0.4, -0.2) is 37.2 Å². The van der Waals surface area contributed by atoms with Crippen LogP contribution in [0.5, 0.6) is 11.5 Å². The molecule has 0 saturated carbocycles. The first-order chi connectivity index (χ1) is 19.9. The van der Waals surface area contributed by atoms with Crippen LogP contribution in [0, 0.1) is 6.92 Å². The summed E-state index contributed by atoms with van der Waals surface area (Å²) in [6, 6.07) is 10.7. The average Bonchev–Trinajstić information content (AvgIpc) is 3.37. The number of carbonyl (C=O) groups excluding carboxylic acids is 1. The number of phenols is 1. The fraction of sp³-hybridized carbons (Fsp3) is 0.412. The number of aliphatic hydroxyl groups is 1. The number of phenolic OH excluding ortho intramolecular Hbond substituents is 1. The van der Waals surface area contributed by atoms with Crippen molar-refractivity contribution in [2.45, 2.75) is 85.0 Å². The highest BCUT2D eigenvalue weighted by Crippen LogP contribution is 2.47. The maximum Gasteiger partial charge on any atom is 0.295 e. The van der Waals surface area contributed by atoms with Crippen LogP contribution in [0.3, 0.4) is 0 Å². The second-order valence-corrected chi connectivity index (χ2v) is 12.1. The van der Waals surface area contributed by atoms with E-state index < -0.39 is 11.7 Å². The topological polar surface area (TPSA) is 96.9 Å². The Hall–Kier alpha value is -4.04. The zero-order valence-electron chi connectivity index (χ0n) is 25.4. The summed E-state index contributed by atoms with van der Waals surface area (Å²) >= 11 is 0. The van der Waals surface area contributed by atoms with Crippen molar-refractivity contribution in [3.63, 3.8) is 0 Å². The number of carbonyl (C=O) groups is 1. The zero-order chi connectivity index (χ0) is 30.3. The standard InChI is InChI=1S/C34H41N3O5/c1-21(2)12-10-13-22(3)14-11-17-34(5)29(39)19-26-28(38)18-25-27(31(26)42-34)20-36(32(25)40)30-23(4)35(6)37(33(30)41)24-15-8-7-9-16-24/h7-9,12,14-16,18,29,38-39H,10-11,13,17,19-20H2,1-6H3/t29-,34-/m0/s1. The molecular formula is C34H41N3O5. The number of fused-ring (bicyclic) bond motifs is 3. The van der Waals surface area contributed by atoms with Gasteiger partial charge in [0.15, 0.2) is 0 Å². The van der Waals surface area contributed by atoms with Crippen LogP contribution < -0.4 is 15.2 Å². The van der Waals surface area contributed by atoms with Crippen molar-refractivity contribution in [3.05, 3.63) is 92.4 Å². The molecule has 2 atom stereocenters. The lowest BCUT2D eigenvalue weighted by molar-refractivity contribution is -0.0597. The van der Waals surface area contributed by atoms with Crippen LogP contribution in [0.25, 0.3) is 5.69 Å². The summed E-state index contributed by atoms with van der Waals surface area (Å²) in [5.74, 6) is -0.00289. The minimum atomic E-state index is -0.898. The van der Waals surface area contributed by atoms with Gasteiger partial charge in [-0.3, -0.25) is 19.2 Å². The molecule has 2 N–H and O–H groups in total. The fourth-order valence-corrected chi connectivity index (χ4v) is 6.04. The lowest BCUT2D eigenvalue weighted by Gasteiger charge is -2.40. The SMILES string of the molecule is CC(C)=CCCC(C)=CCC[C@]1(C)Oc2c(c(O)cc3c2CN(c2c(C)n(C)n(-c4ccccc4)c2=O)C3=O)C[C@@H]1O. The minimum absolute atomic E-state index is 0.0819. The van der Waals surface area contributed by atoms with E-state index in [0.29, 0.717) is 45.9 Å². The van der Waals surface area contributed by atoms with Gasteiger partial charge in [-0.15, -0.1) is 0 Å². The Morgan fingerprint density at radius 3 is 2.50 bits per heavy atom. The predicted octanol–water partition coefficient (Wildman–Crippen LogP) is 5.88. The number of aromatic nitrogens is 2. The molecule has 1 aromatic heterocycles. The van der Waals surface area contributed by atoms with E-state index in [1.807, 2.05) is 44.2 Å². The van der Waals surface area contributed by atoms with E-state index in [2.05, 4.69) is 32.9 Å². The summed E-state index contributed by atoms with van der Waals surface area (Å²) in [7, 11) is 1.79. The minimum Gasteiger partial charge on any atom is -0.508 e. The number of benzene rings is 2. The highest BCUT2D eigenvalue weighted by molar-refractivity contribution is 6.11. The Labute approximate surface area is 247 Å². The molecule has 0 aliphatic carbocycles. The van der Waals surface area contributed by atoms with Crippen molar-refractivity contribution in [2.75, 3.05) is 4.90 Å². The van der Waals surface area contributed by atoms with Crippen molar-refractivity contribution in [3.8, 4) is 17.2 Å². The Balaban J connectivity index is 1.44. The van der Waals surface area contributed by atoms with E-state index in [1.165, 1.54) is 22.1 Å². The zero-order valence-corrected chi connectivity index (χ0v) is 25.4. The molecule has 3 heterocycles. The van der Waals surface area contributed by atoms with Gasteiger partial charge in [0.2, 0.25) is 0 Å². The first kappa shape index (κ1) is 29.5. The third-order valence-electron chi connectivity index (χ3n) is 8.71. The number of ether oxygens (including phenoxy) is 1. The van der Waals surface area contributed by atoms with Crippen molar-refractivity contribution >= 4 is 11.6 Å². The molecule has 2 aliphatic heterocycles. The highest BCUT2D eigenvalue weighted by Gasteiger charge is 2.45. The molecule has 0 bridgehead atoms. The number of allylic oxidation sites excluding steroid dienone is 4. The lowest BCUT2D eigenvalue weighted by Crippen LogP contribution is -2.49. The van der Waals surface area contributed by atoms with Gasteiger partial charge in [-0.25, -0.2) is 4.68 Å². The van der Waals surface area contributed by atoms with Crippen LogP contribution in [0.4, 0.5) is 5.69 Å². The lowest BCUT2D eigenvalue weighted by atomic mass is 9.84. The summed E-state index contributed by atoms with van der Waals surface area (Å²) in [6.45, 7) is 10.2. The van der Waals surface area contributed by atoms with E-state index >= 15 is 0 Å². The summed E-state index contributed by atoms with van der Waals surface area (Å²) < 4.78 is 9.82. The Bertz CT molecular complexity index is 1640. The molecule has 8 nitrogen and oxygen atoms in total. The molecule has 5 rings (SSSR count). The third kappa shape index (κ3) is 5.20. The molecule has 8 heteroatoms. The second kappa shape index (κ2) is 11.3. The Kier molecular flexibility index (Phi) is 7.94. The fourth-order valence-electron chi connectivity index (χ4n) is 6.04. The van der Waals surface area contributed by atoms with Crippen molar-refractivity contribution in [2.24, 2.45) is 7.05 Å². The number of para-hydroxylation sites is 1. The Morgan fingerprint density at radius 2 is 1.81 bits per heavy atom. The molecule has 0 spiro atoms. The molecule has 0 unspecified atom stereocenters. The molecule has 1 amide bonds. The average molecular weight is 572 g/mol. The van der Waals surface area contributed by atoms with Gasteiger partial charge < -0.3 is 14.9 Å². The van der Waals surface area contributed by atoms with Crippen LogP contribution in [0.1, 0.15) is 80.6 Å². The van der Waals surface area contributed by atoms with Crippen LogP contribution in [0.2, 0.25) is 0 Å². The van der Waals surface area contributed by atoms with E-state index in [1.54, 1.807) is 16.4 Å². The largest absolute Gasteiger partial charge is 0.508 e. The van der Waals surface area contributed by atoms with Gasteiger partial charge in [0.1, 0.15) is 22.8 Å². The number of rotatable bonds is 8. The summed E-state index contributed by atoms with van der Waals surface area (Å²) in [5, 5.41) is 22.0. The van der Waals surface area contributed by atoms with E-state index in [0.717, 1.165) is 19.3 Å². The molecule has 222 valence electrons. The summed E-state index contributed by atoms with van der Waals surface area (Å²) in [5.41, 5.74) is 4.49. The second-order valence-electron chi connectivity index (χ2n) is 12.1. The van der Waals surface area contributed by atoms with Crippen molar-refractivity contribution in [1.29, 1.82) is 0 Å². The number of anilines is 1. The molecule has 42 heavy (non-hydrogen) atoms. The van der Waals surface area contributed by atoms with Gasteiger partial charge in [-0.05, 0) is 78.5 Å². The number of hydrogen-bond acceptors (Lipinski definition) is 5. The van der Waals surface area contributed by atoms with E-state index in [4.69, 9.17) is 4.74 Å². The molecular weight excluding hydrogens is 530 g/mol. The number of aliphatic hydroxyl groups excluding tert-OH is 1. The normalized spacial score (nSPS) is 19.9. The van der Waals surface area contributed by atoms with Crippen molar-refractivity contribution < 1.29 is 19.7 Å². The quantitative estimate of drug-likeness (QED) is 0.329. The first-order valence-corrected chi connectivity index (χ1v) is 14.6. The van der Waals surface area contributed by atoms with Gasteiger partial charge >= 0.3 is 0 Å². The number of aromatic hydroxyl groups is 1. The van der Waals surface area contributed by atoms with Crippen LogP contribution >= 0.6 is 0 Å². The maximum atomic E-state index is 13.7. The van der Waals surface area contributed by atoms with Gasteiger partial charge in [0.05, 0.1) is 29.6 Å². The molecule has 3 aromatic rings. The molecule has 2 aromatic carbocycles. The third-order valence-corrected chi connectivity index (χ3v) is 8.71. The number of nitrogens with zero attached hydrogens (tertiary/aromatic N) is 3. The van der Waals surface area contributed by atoms with Gasteiger partial charge in [0, 0.05) is 24.6 Å². The first-order valence-electron chi connectivity index (χ1n) is 14.6. The number of amides is 1.